The van der Waals surface area contributed by atoms with Crippen molar-refractivity contribution in [3.8, 4) is 0 Å². The molecule has 3 nitrogen and oxygen atoms in total. The summed E-state index contributed by atoms with van der Waals surface area (Å²) >= 11 is 0. The summed E-state index contributed by atoms with van der Waals surface area (Å²) in [7, 11) is 0. The van der Waals surface area contributed by atoms with Gasteiger partial charge in [-0.05, 0) is 37.5 Å². The normalized spacial score (nSPS) is 29.8. The summed E-state index contributed by atoms with van der Waals surface area (Å²) in [6.07, 6.45) is 3.34. The zero-order valence-electron chi connectivity index (χ0n) is 11.7. The van der Waals surface area contributed by atoms with Crippen LogP contribution in [0.3, 0.4) is 0 Å². The zero-order valence-corrected chi connectivity index (χ0v) is 11.7. The van der Waals surface area contributed by atoms with Gasteiger partial charge in [0.15, 0.2) is 0 Å². The van der Waals surface area contributed by atoms with Crippen molar-refractivity contribution in [2.24, 2.45) is 5.41 Å². The Labute approximate surface area is 118 Å². The average molecular weight is 274 g/mol. The first-order valence-electron chi connectivity index (χ1n) is 7.00. The molecule has 1 unspecified atom stereocenters. The molecule has 0 bridgehead atoms. The molecule has 2 atom stereocenters. The maximum absolute atomic E-state index is 13.4. The lowest BCUT2D eigenvalue weighted by Crippen LogP contribution is -2.36. The predicted octanol–water partition coefficient (Wildman–Crippen LogP) is 2.91. The minimum atomic E-state index is -0.395. The predicted molar refractivity (Wildman–Crippen MR) is 75.1 cm³/mol. The van der Waals surface area contributed by atoms with Crippen LogP contribution in [0, 0.1) is 11.2 Å². The van der Waals surface area contributed by atoms with Crippen molar-refractivity contribution >= 4 is 5.91 Å². The molecular weight excluding hydrogens is 255 g/mol. The van der Waals surface area contributed by atoms with Crippen molar-refractivity contribution in [1.82, 2.24) is 10.0 Å². The van der Waals surface area contributed by atoms with E-state index in [0.29, 0.717) is 6.42 Å². The van der Waals surface area contributed by atoms with E-state index < -0.39 is 5.41 Å². The van der Waals surface area contributed by atoms with E-state index >= 15 is 0 Å². The highest BCUT2D eigenvalue weighted by atomic mass is 19.1. The van der Waals surface area contributed by atoms with Crippen molar-refractivity contribution in [2.75, 3.05) is 13.1 Å². The molecule has 2 fully saturated rings. The number of amides is 1. The highest BCUT2D eigenvalue weighted by molar-refractivity contribution is 5.85. The van der Waals surface area contributed by atoms with Crippen molar-refractivity contribution < 1.29 is 9.18 Å². The van der Waals surface area contributed by atoms with Crippen molar-refractivity contribution in [2.45, 2.75) is 25.8 Å². The van der Waals surface area contributed by atoms with Crippen LogP contribution in [0.25, 0.3) is 0 Å². The highest BCUT2D eigenvalue weighted by Gasteiger charge is 2.52. The van der Waals surface area contributed by atoms with E-state index in [0.717, 1.165) is 25.1 Å². The lowest BCUT2D eigenvalue weighted by Gasteiger charge is -2.26. The Bertz CT molecular complexity index is 559. The second-order valence-corrected chi connectivity index (χ2v) is 5.95. The second-order valence-electron chi connectivity index (χ2n) is 5.95. The van der Waals surface area contributed by atoms with Crippen LogP contribution in [0.4, 0.5) is 4.39 Å². The Morgan fingerprint density at radius 2 is 2.35 bits per heavy atom. The molecule has 0 aromatic heterocycles. The molecule has 0 spiro atoms. The van der Waals surface area contributed by atoms with Crippen LogP contribution in [0.1, 0.15) is 31.4 Å². The van der Waals surface area contributed by atoms with Crippen LogP contribution >= 0.6 is 0 Å². The molecule has 3 rings (SSSR count). The van der Waals surface area contributed by atoms with Gasteiger partial charge >= 0.3 is 0 Å². The molecule has 1 amide bonds. The number of halogens is 1. The highest BCUT2D eigenvalue weighted by Crippen LogP contribution is 2.43. The number of hydrogen-bond donors (Lipinski definition) is 0. The maximum atomic E-state index is 13.4. The summed E-state index contributed by atoms with van der Waals surface area (Å²) in [5, 5.41) is 3.93. The van der Waals surface area contributed by atoms with Crippen LogP contribution in [-0.4, -0.2) is 29.0 Å². The molecule has 0 aliphatic carbocycles. The summed E-state index contributed by atoms with van der Waals surface area (Å²) < 4.78 is 13.4. The molecular formula is C16H19FN2O. The van der Waals surface area contributed by atoms with E-state index in [4.69, 9.17) is 0 Å². The summed E-state index contributed by atoms with van der Waals surface area (Å²) in [4.78, 5) is 12.7. The quantitative estimate of drug-likeness (QED) is 0.791. The summed E-state index contributed by atoms with van der Waals surface area (Å²) in [5.41, 5.74) is 0.483. The van der Waals surface area contributed by atoms with E-state index in [9.17, 15) is 9.18 Å². The SMILES string of the molecule is C=CCC1(C)CN2CC[C@H](c3cccc(F)c3)N2C1=O. The number of carbonyl (C=O) groups excluding carboxylic acids is 1. The van der Waals surface area contributed by atoms with Crippen LogP contribution in [0.5, 0.6) is 0 Å². The fourth-order valence-electron chi connectivity index (χ4n) is 3.36. The fourth-order valence-corrected chi connectivity index (χ4v) is 3.36. The lowest BCUT2D eigenvalue weighted by atomic mass is 9.86. The molecule has 2 aliphatic rings. The smallest absolute Gasteiger partial charge is 0.245 e. The van der Waals surface area contributed by atoms with Gasteiger partial charge in [-0.3, -0.25) is 9.80 Å². The van der Waals surface area contributed by atoms with Crippen molar-refractivity contribution in [3.05, 3.63) is 48.3 Å². The Hall–Kier alpha value is -1.68. The van der Waals surface area contributed by atoms with Gasteiger partial charge in [0, 0.05) is 13.1 Å². The number of benzene rings is 1. The number of hydrogen-bond acceptors (Lipinski definition) is 2. The van der Waals surface area contributed by atoms with Crippen LogP contribution in [0.15, 0.2) is 36.9 Å². The number of allylic oxidation sites excluding steroid dienone is 1. The topological polar surface area (TPSA) is 23.6 Å². The first kappa shape index (κ1) is 13.3. The largest absolute Gasteiger partial charge is 0.273 e. The number of carbonyl (C=O) groups is 1. The molecule has 2 saturated heterocycles. The molecule has 1 aromatic carbocycles. The summed E-state index contributed by atoms with van der Waals surface area (Å²) in [6, 6.07) is 6.53. The minimum absolute atomic E-state index is 0.0372. The summed E-state index contributed by atoms with van der Waals surface area (Å²) in [5.74, 6) is -0.120. The average Bonchev–Trinajstić information content (AvgIpc) is 2.90. The van der Waals surface area contributed by atoms with Gasteiger partial charge < -0.3 is 0 Å². The number of fused-ring (bicyclic) bond motifs is 1. The first-order chi connectivity index (χ1) is 9.55. The van der Waals surface area contributed by atoms with E-state index in [2.05, 4.69) is 11.6 Å². The van der Waals surface area contributed by atoms with Gasteiger partial charge in [0.2, 0.25) is 5.91 Å². The molecule has 4 heteroatoms. The molecule has 20 heavy (non-hydrogen) atoms. The molecule has 0 saturated carbocycles. The van der Waals surface area contributed by atoms with E-state index in [1.165, 1.54) is 12.1 Å². The maximum Gasteiger partial charge on any atom is 0.245 e. The Kier molecular flexibility index (Phi) is 3.13. The van der Waals surface area contributed by atoms with Crippen LogP contribution < -0.4 is 0 Å². The lowest BCUT2D eigenvalue weighted by molar-refractivity contribution is -0.142. The number of rotatable bonds is 3. The van der Waals surface area contributed by atoms with E-state index in [1.807, 2.05) is 18.0 Å². The Morgan fingerprint density at radius 3 is 3.05 bits per heavy atom. The number of nitrogens with zero attached hydrogens (tertiary/aromatic N) is 2. The number of hydrazine groups is 1. The van der Waals surface area contributed by atoms with E-state index in [1.54, 1.807) is 12.1 Å². The van der Waals surface area contributed by atoms with Crippen molar-refractivity contribution in [3.63, 3.8) is 0 Å². The van der Waals surface area contributed by atoms with Gasteiger partial charge in [0.25, 0.3) is 0 Å². The first-order valence-corrected chi connectivity index (χ1v) is 7.00. The third kappa shape index (κ3) is 1.95. The third-order valence-corrected chi connectivity index (χ3v) is 4.34. The minimum Gasteiger partial charge on any atom is -0.273 e. The van der Waals surface area contributed by atoms with Crippen LogP contribution in [-0.2, 0) is 4.79 Å². The molecule has 2 heterocycles. The van der Waals surface area contributed by atoms with Gasteiger partial charge in [0.05, 0.1) is 11.5 Å². The zero-order chi connectivity index (χ0) is 14.3. The summed E-state index contributed by atoms with van der Waals surface area (Å²) in [6.45, 7) is 7.30. The fraction of sp³-hybridized carbons (Fsp3) is 0.438. The monoisotopic (exact) mass is 274 g/mol. The van der Waals surface area contributed by atoms with Gasteiger partial charge in [-0.15, -0.1) is 6.58 Å². The molecule has 1 aromatic rings. The van der Waals surface area contributed by atoms with Gasteiger partial charge in [-0.25, -0.2) is 9.40 Å². The van der Waals surface area contributed by atoms with Gasteiger partial charge in [0.1, 0.15) is 5.82 Å². The Morgan fingerprint density at radius 1 is 1.55 bits per heavy atom. The molecule has 0 N–H and O–H groups in total. The third-order valence-electron chi connectivity index (χ3n) is 4.34. The van der Waals surface area contributed by atoms with Gasteiger partial charge in [-0.1, -0.05) is 18.2 Å². The standard InChI is InChI=1S/C16H19FN2O/c1-3-8-16(2)11-18-9-7-14(19(18)15(16)20)12-5-4-6-13(17)10-12/h3-6,10,14H,1,7-9,11H2,2H3/t14-,16?/m1/s1. The van der Waals surface area contributed by atoms with Crippen molar-refractivity contribution in [1.29, 1.82) is 0 Å². The molecule has 2 aliphatic heterocycles. The van der Waals surface area contributed by atoms with Gasteiger partial charge in [-0.2, -0.15) is 0 Å². The Balaban J connectivity index is 1.90. The molecule has 106 valence electrons. The molecule has 0 radical (unpaired) electrons. The van der Waals surface area contributed by atoms with E-state index in [-0.39, 0.29) is 17.8 Å². The van der Waals surface area contributed by atoms with Crippen LogP contribution in [0.2, 0.25) is 0 Å². The second kappa shape index (κ2) is 4.70.